The van der Waals surface area contributed by atoms with E-state index in [-0.39, 0.29) is 24.0 Å². The average molecular weight is 413 g/mol. The van der Waals surface area contributed by atoms with Crippen LogP contribution < -0.4 is 10.3 Å². The number of para-hydroxylation sites is 1. The quantitative estimate of drug-likeness (QED) is 0.644. The van der Waals surface area contributed by atoms with Crippen LogP contribution in [0.15, 0.2) is 53.7 Å². The number of ether oxygens (including phenoxy) is 1. The van der Waals surface area contributed by atoms with Crippen molar-refractivity contribution < 1.29 is 9.53 Å². The summed E-state index contributed by atoms with van der Waals surface area (Å²) >= 11 is 5.83. The summed E-state index contributed by atoms with van der Waals surface area (Å²) in [6.45, 7) is 1.57. The molecule has 0 spiro atoms. The molecule has 150 valence electrons. The molecule has 3 heterocycles. The third kappa shape index (κ3) is 4.56. The molecule has 1 aromatic carbocycles. The molecule has 1 fully saturated rings. The van der Waals surface area contributed by atoms with Crippen LogP contribution in [0.5, 0.6) is 5.88 Å². The first-order chi connectivity index (χ1) is 14.1. The number of aromatic nitrogens is 3. The van der Waals surface area contributed by atoms with Crippen molar-refractivity contribution in [3.05, 3.63) is 64.3 Å². The Kier molecular flexibility index (Phi) is 5.76. The third-order valence-electron chi connectivity index (χ3n) is 5.08. The number of carbonyl (C=O) groups excluding carboxylic acids is 1. The molecule has 0 radical (unpaired) electrons. The molecule has 29 heavy (non-hydrogen) atoms. The predicted molar refractivity (Wildman–Crippen MR) is 110 cm³/mol. The third-order valence-corrected chi connectivity index (χ3v) is 5.30. The number of rotatable bonds is 5. The van der Waals surface area contributed by atoms with E-state index in [1.165, 1.54) is 10.9 Å². The number of aryl methyl sites for hydroxylation is 1. The summed E-state index contributed by atoms with van der Waals surface area (Å²) in [4.78, 5) is 35.4. The standard InChI is InChI=1S/C21H21ClN4O3/c22-15-5-6-19(23-13-15)29-16-7-10-25(11-8-16)20(27)9-12-26-14-24-18-4-2-1-3-17(18)21(26)28/h1-6,13-14,16H,7-12H2. The summed E-state index contributed by atoms with van der Waals surface area (Å²) in [7, 11) is 0. The van der Waals surface area contributed by atoms with E-state index in [1.807, 2.05) is 17.0 Å². The number of pyridine rings is 1. The molecule has 0 saturated carbocycles. The fourth-order valence-corrected chi connectivity index (χ4v) is 3.58. The number of fused-ring (bicyclic) bond motifs is 1. The van der Waals surface area contributed by atoms with Crippen LogP contribution in [-0.4, -0.2) is 44.5 Å². The van der Waals surface area contributed by atoms with Gasteiger partial charge in [-0.2, -0.15) is 0 Å². The van der Waals surface area contributed by atoms with Gasteiger partial charge < -0.3 is 9.64 Å². The van der Waals surface area contributed by atoms with Crippen molar-refractivity contribution in [1.29, 1.82) is 0 Å². The smallest absolute Gasteiger partial charge is 0.261 e. The van der Waals surface area contributed by atoms with E-state index in [0.29, 0.717) is 41.4 Å². The number of hydrogen-bond donors (Lipinski definition) is 0. The van der Waals surface area contributed by atoms with E-state index in [0.717, 1.165) is 12.8 Å². The van der Waals surface area contributed by atoms with E-state index in [2.05, 4.69) is 9.97 Å². The first-order valence-corrected chi connectivity index (χ1v) is 9.98. The molecule has 1 aliphatic heterocycles. The predicted octanol–water partition coefficient (Wildman–Crippen LogP) is 2.91. The first-order valence-electron chi connectivity index (χ1n) is 9.60. The Labute approximate surface area is 172 Å². The van der Waals surface area contributed by atoms with E-state index in [9.17, 15) is 9.59 Å². The van der Waals surface area contributed by atoms with Gasteiger partial charge in [0.05, 0.1) is 22.3 Å². The van der Waals surface area contributed by atoms with Gasteiger partial charge in [-0.15, -0.1) is 0 Å². The van der Waals surface area contributed by atoms with Crippen molar-refractivity contribution in [2.24, 2.45) is 0 Å². The fraction of sp³-hybridized carbons (Fsp3) is 0.333. The van der Waals surface area contributed by atoms with Crippen LogP contribution in [0.3, 0.4) is 0 Å². The number of amides is 1. The van der Waals surface area contributed by atoms with Crippen LogP contribution in [0, 0.1) is 0 Å². The SMILES string of the molecule is O=C(CCn1cnc2ccccc2c1=O)N1CCC(Oc2ccc(Cl)cn2)CC1. The van der Waals surface area contributed by atoms with Gasteiger partial charge in [-0.05, 0) is 18.2 Å². The Morgan fingerprint density at radius 3 is 2.69 bits per heavy atom. The highest BCUT2D eigenvalue weighted by Crippen LogP contribution is 2.19. The van der Waals surface area contributed by atoms with Crippen LogP contribution >= 0.6 is 11.6 Å². The number of carbonyl (C=O) groups is 1. The second kappa shape index (κ2) is 8.61. The molecule has 4 rings (SSSR count). The highest BCUT2D eigenvalue weighted by Gasteiger charge is 2.24. The Hall–Kier alpha value is -2.93. The first kappa shape index (κ1) is 19.4. The van der Waals surface area contributed by atoms with Crippen LogP contribution in [0.25, 0.3) is 10.9 Å². The van der Waals surface area contributed by atoms with Gasteiger partial charge in [0.2, 0.25) is 11.8 Å². The topological polar surface area (TPSA) is 77.3 Å². The second-order valence-electron chi connectivity index (χ2n) is 7.02. The van der Waals surface area contributed by atoms with Gasteiger partial charge in [-0.25, -0.2) is 9.97 Å². The highest BCUT2D eigenvalue weighted by molar-refractivity contribution is 6.30. The zero-order valence-electron chi connectivity index (χ0n) is 15.8. The largest absolute Gasteiger partial charge is 0.474 e. The van der Waals surface area contributed by atoms with Crippen molar-refractivity contribution in [1.82, 2.24) is 19.4 Å². The van der Waals surface area contributed by atoms with Crippen molar-refractivity contribution in [2.75, 3.05) is 13.1 Å². The summed E-state index contributed by atoms with van der Waals surface area (Å²) in [6, 6.07) is 10.7. The number of nitrogens with zero attached hydrogens (tertiary/aromatic N) is 4. The number of benzene rings is 1. The van der Waals surface area contributed by atoms with Crippen molar-refractivity contribution in [3.63, 3.8) is 0 Å². The van der Waals surface area contributed by atoms with Gasteiger partial charge in [0.1, 0.15) is 6.10 Å². The minimum absolute atomic E-state index is 0.0278. The number of hydrogen-bond acceptors (Lipinski definition) is 5. The Morgan fingerprint density at radius 2 is 1.93 bits per heavy atom. The molecule has 2 aromatic heterocycles. The zero-order valence-corrected chi connectivity index (χ0v) is 16.6. The van der Waals surface area contributed by atoms with Crippen molar-refractivity contribution in [3.8, 4) is 5.88 Å². The van der Waals surface area contributed by atoms with Crippen molar-refractivity contribution in [2.45, 2.75) is 31.9 Å². The van der Waals surface area contributed by atoms with Crippen LogP contribution in [-0.2, 0) is 11.3 Å². The summed E-state index contributed by atoms with van der Waals surface area (Å²) < 4.78 is 7.37. The second-order valence-corrected chi connectivity index (χ2v) is 7.46. The molecule has 1 aliphatic rings. The van der Waals surface area contributed by atoms with Gasteiger partial charge >= 0.3 is 0 Å². The molecule has 1 saturated heterocycles. The summed E-state index contributed by atoms with van der Waals surface area (Å²) in [5, 5.41) is 1.13. The van der Waals surface area contributed by atoms with E-state index in [1.54, 1.807) is 30.5 Å². The molecule has 0 bridgehead atoms. The van der Waals surface area contributed by atoms with E-state index >= 15 is 0 Å². The normalized spacial score (nSPS) is 14.9. The Balaban J connectivity index is 1.29. The lowest BCUT2D eigenvalue weighted by atomic mass is 10.1. The van der Waals surface area contributed by atoms with Crippen molar-refractivity contribution >= 4 is 28.4 Å². The molecular weight excluding hydrogens is 392 g/mol. The lowest BCUT2D eigenvalue weighted by Crippen LogP contribution is -2.42. The molecule has 3 aromatic rings. The van der Waals surface area contributed by atoms with Crippen LogP contribution in [0.1, 0.15) is 19.3 Å². The molecule has 0 unspecified atom stereocenters. The molecule has 0 atom stereocenters. The molecule has 1 amide bonds. The maximum atomic E-state index is 12.6. The minimum Gasteiger partial charge on any atom is -0.474 e. The van der Waals surface area contributed by atoms with Gasteiger partial charge in [0.15, 0.2) is 0 Å². The maximum absolute atomic E-state index is 12.6. The van der Waals surface area contributed by atoms with E-state index in [4.69, 9.17) is 16.3 Å². The van der Waals surface area contributed by atoms with E-state index < -0.39 is 0 Å². The molecule has 0 N–H and O–H groups in total. The lowest BCUT2D eigenvalue weighted by Gasteiger charge is -2.32. The van der Waals surface area contributed by atoms with Gasteiger partial charge in [-0.3, -0.25) is 14.2 Å². The molecule has 0 aliphatic carbocycles. The lowest BCUT2D eigenvalue weighted by molar-refractivity contribution is -0.133. The fourth-order valence-electron chi connectivity index (χ4n) is 3.47. The number of halogens is 1. The average Bonchev–Trinajstić information content (AvgIpc) is 2.75. The van der Waals surface area contributed by atoms with Crippen LogP contribution in [0.4, 0.5) is 0 Å². The van der Waals surface area contributed by atoms with Gasteiger partial charge in [0.25, 0.3) is 5.56 Å². The zero-order chi connectivity index (χ0) is 20.2. The Bertz CT molecular complexity index is 1060. The maximum Gasteiger partial charge on any atom is 0.261 e. The Morgan fingerprint density at radius 1 is 1.14 bits per heavy atom. The highest BCUT2D eigenvalue weighted by atomic mass is 35.5. The minimum atomic E-state index is -0.119. The number of likely N-dealkylation sites (tertiary alicyclic amines) is 1. The van der Waals surface area contributed by atoms with Gasteiger partial charge in [-0.1, -0.05) is 23.7 Å². The summed E-state index contributed by atoms with van der Waals surface area (Å²) in [6.07, 6.45) is 4.85. The van der Waals surface area contributed by atoms with Crippen LogP contribution in [0.2, 0.25) is 5.02 Å². The summed E-state index contributed by atoms with van der Waals surface area (Å²) in [5.41, 5.74) is 0.545. The molecular formula is C21H21ClN4O3. The molecule has 8 heteroatoms. The monoisotopic (exact) mass is 412 g/mol. The molecule has 7 nitrogen and oxygen atoms in total. The summed E-state index contributed by atoms with van der Waals surface area (Å²) in [5.74, 6) is 0.579. The van der Waals surface area contributed by atoms with Gasteiger partial charge in [0, 0.05) is 51.2 Å². The number of piperidine rings is 1.